The number of fused-ring (bicyclic) bond motifs is 3. The molecule has 0 fully saturated rings. The summed E-state index contributed by atoms with van der Waals surface area (Å²) in [5, 5.41) is 22.9. The molecule has 1 unspecified atom stereocenters. The average molecular weight is 460 g/mol. The molecule has 0 radical (unpaired) electrons. The molecule has 3 aromatic carbocycles. The molecule has 2 amide bonds. The van der Waals surface area contributed by atoms with Crippen LogP contribution in [0.1, 0.15) is 33.0 Å². The first-order chi connectivity index (χ1) is 16.5. The number of nitrogens with one attached hydrogen (secondary N) is 2. The topological polar surface area (TPSA) is 125 Å². The Kier molecular flexibility index (Phi) is 6.89. The number of hydrogen-bond acceptors (Lipinski definition) is 5. The largest absolute Gasteiger partial charge is 0.480 e. The highest BCUT2D eigenvalue weighted by atomic mass is 16.5. The lowest BCUT2D eigenvalue weighted by Crippen LogP contribution is -2.43. The van der Waals surface area contributed by atoms with Crippen molar-refractivity contribution in [1.82, 2.24) is 10.6 Å². The van der Waals surface area contributed by atoms with Gasteiger partial charge in [-0.3, -0.25) is 4.79 Å². The molecular weight excluding hydrogens is 436 g/mol. The van der Waals surface area contributed by atoms with Crippen LogP contribution in [0, 0.1) is 0 Å². The first-order valence-electron chi connectivity index (χ1n) is 10.8. The highest BCUT2D eigenvalue weighted by Crippen LogP contribution is 2.44. The van der Waals surface area contributed by atoms with Crippen molar-refractivity contribution in [2.75, 3.05) is 13.2 Å². The highest BCUT2D eigenvalue weighted by Gasteiger charge is 2.29. The predicted molar refractivity (Wildman–Crippen MR) is 124 cm³/mol. The Morgan fingerprint density at radius 3 is 2.03 bits per heavy atom. The lowest BCUT2D eigenvalue weighted by molar-refractivity contribution is -0.140. The summed E-state index contributed by atoms with van der Waals surface area (Å²) in [4.78, 5) is 35.4. The van der Waals surface area contributed by atoms with Gasteiger partial charge in [0.15, 0.2) is 6.04 Å². The highest BCUT2D eigenvalue weighted by molar-refractivity contribution is 5.96. The second-order valence-corrected chi connectivity index (χ2v) is 7.92. The van der Waals surface area contributed by atoms with Gasteiger partial charge in [0, 0.05) is 18.0 Å². The van der Waals surface area contributed by atoms with Crippen LogP contribution in [-0.2, 0) is 16.1 Å². The molecule has 174 valence electrons. The maximum atomic E-state index is 12.3. The fourth-order valence-corrected chi connectivity index (χ4v) is 4.02. The fraction of sp³-hybridized carbons (Fsp3) is 0.192. The monoisotopic (exact) mass is 460 g/mol. The first-order valence-corrected chi connectivity index (χ1v) is 10.8. The number of carboxylic acid groups (broad SMARTS) is 1. The third kappa shape index (κ3) is 4.92. The van der Waals surface area contributed by atoms with Crippen molar-refractivity contribution in [2.24, 2.45) is 0 Å². The molecule has 1 atom stereocenters. The van der Waals surface area contributed by atoms with Crippen molar-refractivity contribution >= 4 is 18.0 Å². The summed E-state index contributed by atoms with van der Waals surface area (Å²) in [5.41, 5.74) is 5.56. The minimum absolute atomic E-state index is 0.0236. The van der Waals surface area contributed by atoms with Crippen LogP contribution in [0.5, 0.6) is 0 Å². The molecule has 0 saturated carbocycles. The lowest BCUT2D eigenvalue weighted by Gasteiger charge is -2.15. The molecular formula is C26H24N2O6. The zero-order chi connectivity index (χ0) is 24.1. The van der Waals surface area contributed by atoms with Gasteiger partial charge in [-0.25, -0.2) is 9.59 Å². The van der Waals surface area contributed by atoms with Crippen molar-refractivity contribution in [2.45, 2.75) is 18.5 Å². The van der Waals surface area contributed by atoms with Crippen molar-refractivity contribution in [3.8, 4) is 11.1 Å². The Bertz CT molecular complexity index is 1160. The summed E-state index contributed by atoms with van der Waals surface area (Å²) in [7, 11) is 0. The van der Waals surface area contributed by atoms with Gasteiger partial charge in [0.1, 0.15) is 6.61 Å². The maximum absolute atomic E-state index is 12.3. The Balaban J connectivity index is 1.30. The number of ether oxygens (including phenoxy) is 1. The SMILES string of the molecule is O=C(NCc1ccc(C(=O)NC(CO)C(=O)O)cc1)OCC1c2ccccc2-c2ccccc21. The quantitative estimate of drug-likeness (QED) is 0.410. The van der Waals surface area contributed by atoms with E-state index in [4.69, 9.17) is 14.9 Å². The number of carbonyl (C=O) groups excluding carboxylic acids is 2. The second kappa shape index (κ2) is 10.2. The molecule has 4 N–H and O–H groups in total. The van der Waals surface area contributed by atoms with E-state index in [0.29, 0.717) is 0 Å². The van der Waals surface area contributed by atoms with E-state index in [-0.39, 0.29) is 24.6 Å². The number of alkyl carbamates (subject to hydrolysis) is 1. The minimum Gasteiger partial charge on any atom is -0.480 e. The predicted octanol–water partition coefficient (Wildman–Crippen LogP) is 2.90. The van der Waals surface area contributed by atoms with Gasteiger partial charge in [0.05, 0.1) is 6.61 Å². The van der Waals surface area contributed by atoms with Gasteiger partial charge in [0.25, 0.3) is 5.91 Å². The molecule has 1 aliphatic rings. The van der Waals surface area contributed by atoms with E-state index in [1.807, 2.05) is 24.3 Å². The van der Waals surface area contributed by atoms with Crippen molar-refractivity contribution in [1.29, 1.82) is 0 Å². The number of rotatable bonds is 8. The van der Waals surface area contributed by atoms with E-state index >= 15 is 0 Å². The number of aliphatic carboxylic acids is 1. The normalized spacial score (nSPS) is 12.9. The molecule has 0 aliphatic heterocycles. The number of benzene rings is 3. The number of amides is 2. The van der Waals surface area contributed by atoms with E-state index in [0.717, 1.165) is 27.8 Å². The number of aliphatic hydroxyl groups excluding tert-OH is 1. The standard InChI is InChI=1S/C26H24N2O6/c29-14-23(25(31)32)28-24(30)17-11-9-16(10-12-17)13-27-26(33)34-15-22-20-7-3-1-5-18(20)19-6-2-4-8-21(19)22/h1-12,22-23,29H,13-15H2,(H,27,33)(H,28,30)(H,31,32). The first kappa shape index (κ1) is 23.0. The van der Waals surface area contributed by atoms with E-state index in [1.54, 1.807) is 12.1 Å². The van der Waals surface area contributed by atoms with E-state index in [2.05, 4.69) is 34.9 Å². The van der Waals surface area contributed by atoms with Gasteiger partial charge in [-0.1, -0.05) is 60.7 Å². The van der Waals surface area contributed by atoms with Gasteiger partial charge < -0.3 is 25.6 Å². The Hall–Kier alpha value is -4.17. The molecule has 4 rings (SSSR count). The Morgan fingerprint density at radius 2 is 1.47 bits per heavy atom. The van der Waals surface area contributed by atoms with Crippen LogP contribution < -0.4 is 10.6 Å². The lowest BCUT2D eigenvalue weighted by atomic mass is 9.98. The molecule has 8 heteroatoms. The van der Waals surface area contributed by atoms with E-state index in [1.165, 1.54) is 12.1 Å². The third-order valence-electron chi connectivity index (χ3n) is 5.78. The molecule has 3 aromatic rings. The van der Waals surface area contributed by atoms with Crippen LogP contribution in [0.3, 0.4) is 0 Å². The van der Waals surface area contributed by atoms with E-state index < -0.39 is 30.6 Å². The zero-order valence-electron chi connectivity index (χ0n) is 18.2. The summed E-state index contributed by atoms with van der Waals surface area (Å²) in [5.74, 6) is -1.96. The molecule has 0 spiro atoms. The third-order valence-corrected chi connectivity index (χ3v) is 5.78. The summed E-state index contributed by atoms with van der Waals surface area (Å²) in [6, 6.07) is 21.2. The summed E-state index contributed by atoms with van der Waals surface area (Å²) in [6.45, 7) is -0.287. The van der Waals surface area contributed by atoms with Crippen LogP contribution >= 0.6 is 0 Å². The van der Waals surface area contributed by atoms with Gasteiger partial charge in [-0.2, -0.15) is 0 Å². The van der Waals surface area contributed by atoms with Crippen molar-refractivity contribution < 1.29 is 29.3 Å². The molecule has 8 nitrogen and oxygen atoms in total. The molecule has 1 aliphatic carbocycles. The Labute approximate surface area is 196 Å². The van der Waals surface area contributed by atoms with Crippen LogP contribution in [0.4, 0.5) is 4.79 Å². The molecule has 0 saturated heterocycles. The summed E-state index contributed by atoms with van der Waals surface area (Å²) in [6.07, 6.45) is -0.545. The zero-order valence-corrected chi connectivity index (χ0v) is 18.2. The van der Waals surface area contributed by atoms with Gasteiger partial charge in [-0.05, 0) is 39.9 Å². The number of aliphatic hydroxyl groups is 1. The van der Waals surface area contributed by atoms with Gasteiger partial charge in [-0.15, -0.1) is 0 Å². The van der Waals surface area contributed by atoms with Gasteiger partial charge in [0.2, 0.25) is 0 Å². The smallest absolute Gasteiger partial charge is 0.407 e. The van der Waals surface area contributed by atoms with Crippen LogP contribution in [0.2, 0.25) is 0 Å². The fourth-order valence-electron chi connectivity index (χ4n) is 4.02. The van der Waals surface area contributed by atoms with Crippen LogP contribution in [0.15, 0.2) is 72.8 Å². The van der Waals surface area contributed by atoms with Gasteiger partial charge >= 0.3 is 12.1 Å². The van der Waals surface area contributed by atoms with Crippen LogP contribution in [-0.4, -0.2) is 47.4 Å². The summed E-state index contributed by atoms with van der Waals surface area (Å²) < 4.78 is 5.51. The van der Waals surface area contributed by atoms with Crippen molar-refractivity contribution in [3.63, 3.8) is 0 Å². The molecule has 0 heterocycles. The molecule has 0 bridgehead atoms. The maximum Gasteiger partial charge on any atom is 0.407 e. The second-order valence-electron chi connectivity index (χ2n) is 7.92. The van der Waals surface area contributed by atoms with Crippen molar-refractivity contribution in [3.05, 3.63) is 95.1 Å². The molecule has 34 heavy (non-hydrogen) atoms. The average Bonchev–Trinajstić information content (AvgIpc) is 3.18. The molecule has 0 aromatic heterocycles. The minimum atomic E-state index is -1.37. The van der Waals surface area contributed by atoms with E-state index in [9.17, 15) is 14.4 Å². The van der Waals surface area contributed by atoms with Crippen LogP contribution in [0.25, 0.3) is 11.1 Å². The number of carbonyl (C=O) groups is 3. The summed E-state index contributed by atoms with van der Waals surface area (Å²) >= 11 is 0. The number of carboxylic acids is 1. The Morgan fingerprint density at radius 1 is 0.882 bits per heavy atom. The number of hydrogen-bond donors (Lipinski definition) is 4.